The van der Waals surface area contributed by atoms with Gasteiger partial charge in [0.15, 0.2) is 5.78 Å². The Morgan fingerprint density at radius 2 is 1.53 bits per heavy atom. The number of primary amides is 1. The Labute approximate surface area is 206 Å². The van der Waals surface area contributed by atoms with Gasteiger partial charge in [-0.2, -0.15) is 8.78 Å². The van der Waals surface area contributed by atoms with E-state index in [0.29, 0.717) is 12.0 Å². The minimum atomic E-state index is -3.18. The van der Waals surface area contributed by atoms with Gasteiger partial charge in [0.1, 0.15) is 6.04 Å². The van der Waals surface area contributed by atoms with Crippen LogP contribution in [0.15, 0.2) is 60.7 Å². The quantitative estimate of drug-likeness (QED) is 0.258. The van der Waals surface area contributed by atoms with Gasteiger partial charge in [0.05, 0.1) is 19.3 Å². The molecule has 0 bridgehead atoms. The number of carbonyl (C=O) groups is 4. The van der Waals surface area contributed by atoms with Crippen LogP contribution in [0.5, 0.6) is 0 Å². The highest BCUT2D eigenvalue weighted by Crippen LogP contribution is 2.29. The van der Waals surface area contributed by atoms with E-state index in [0.717, 1.165) is 5.56 Å². The largest absolute Gasteiger partial charge is 0.367 e. The molecule has 1 heterocycles. The van der Waals surface area contributed by atoms with Gasteiger partial charge in [-0.25, -0.2) is 0 Å². The summed E-state index contributed by atoms with van der Waals surface area (Å²) in [7, 11) is 0. The lowest BCUT2D eigenvalue weighted by atomic mass is 9.93. The van der Waals surface area contributed by atoms with E-state index in [-0.39, 0.29) is 19.4 Å². The van der Waals surface area contributed by atoms with Crippen molar-refractivity contribution >= 4 is 23.5 Å². The van der Waals surface area contributed by atoms with Crippen LogP contribution in [0.3, 0.4) is 0 Å². The summed E-state index contributed by atoms with van der Waals surface area (Å²) in [5.41, 5.74) is 5.00. The SMILES string of the molecule is NC(=O)[C@]1(C(=O)[C@H](Cc2ccccc2)NC(=O)[C@H](COC(F)F)NC(=O)CCc2ccccc2)CO1. The van der Waals surface area contributed by atoms with E-state index in [9.17, 15) is 28.0 Å². The maximum atomic E-state index is 13.1. The fourth-order valence-electron chi connectivity index (χ4n) is 3.61. The summed E-state index contributed by atoms with van der Waals surface area (Å²) in [5, 5.41) is 4.84. The van der Waals surface area contributed by atoms with Gasteiger partial charge in [0.25, 0.3) is 5.91 Å². The van der Waals surface area contributed by atoms with Crippen LogP contribution in [0.2, 0.25) is 0 Å². The van der Waals surface area contributed by atoms with Gasteiger partial charge in [0.2, 0.25) is 17.4 Å². The summed E-state index contributed by atoms with van der Waals surface area (Å²) < 4.78 is 34.7. The second-order valence-corrected chi connectivity index (χ2v) is 8.29. The number of hydrogen-bond acceptors (Lipinski definition) is 6. The molecule has 11 heteroatoms. The summed E-state index contributed by atoms with van der Waals surface area (Å²) in [5.74, 6) is -3.26. The fraction of sp³-hybridized carbons (Fsp3) is 0.360. The van der Waals surface area contributed by atoms with Crippen LogP contribution in [0.4, 0.5) is 8.78 Å². The number of hydrogen-bond donors (Lipinski definition) is 3. The zero-order valence-electron chi connectivity index (χ0n) is 19.3. The lowest BCUT2D eigenvalue weighted by Crippen LogP contribution is -2.57. The molecular formula is C25H27F2N3O6. The van der Waals surface area contributed by atoms with E-state index >= 15 is 0 Å². The zero-order chi connectivity index (χ0) is 26.1. The van der Waals surface area contributed by atoms with Crippen molar-refractivity contribution in [1.29, 1.82) is 0 Å². The Hall–Kier alpha value is -3.70. The molecule has 2 aromatic rings. The number of epoxide rings is 1. The Bertz CT molecular complexity index is 1060. The number of ether oxygens (including phenoxy) is 2. The normalized spacial score (nSPS) is 18.2. The molecule has 3 amide bonds. The first-order chi connectivity index (χ1) is 17.2. The molecule has 0 unspecified atom stereocenters. The van der Waals surface area contributed by atoms with Crippen molar-refractivity contribution in [3.63, 3.8) is 0 Å². The van der Waals surface area contributed by atoms with Crippen LogP contribution in [0.1, 0.15) is 17.5 Å². The molecule has 0 aromatic heterocycles. The maximum Gasteiger partial charge on any atom is 0.345 e. The molecule has 3 atom stereocenters. The van der Waals surface area contributed by atoms with Gasteiger partial charge < -0.3 is 25.8 Å². The molecule has 0 spiro atoms. The van der Waals surface area contributed by atoms with Crippen LogP contribution in [0, 0.1) is 0 Å². The van der Waals surface area contributed by atoms with Gasteiger partial charge >= 0.3 is 6.61 Å². The third kappa shape index (κ3) is 7.40. The molecule has 0 saturated carbocycles. The number of halogens is 2. The molecule has 9 nitrogen and oxygen atoms in total. The maximum absolute atomic E-state index is 13.1. The number of nitrogens with two attached hydrogens (primary N) is 1. The van der Waals surface area contributed by atoms with Crippen molar-refractivity contribution in [1.82, 2.24) is 10.6 Å². The highest BCUT2D eigenvalue weighted by molar-refractivity contribution is 6.14. The molecule has 192 valence electrons. The van der Waals surface area contributed by atoms with Crippen LogP contribution in [0.25, 0.3) is 0 Å². The lowest BCUT2D eigenvalue weighted by molar-refractivity contribution is -0.148. The van der Waals surface area contributed by atoms with Crippen LogP contribution < -0.4 is 16.4 Å². The van der Waals surface area contributed by atoms with Gasteiger partial charge in [-0.1, -0.05) is 60.7 Å². The molecule has 1 aliphatic rings. The number of aryl methyl sites for hydroxylation is 1. The molecule has 2 aromatic carbocycles. The second-order valence-electron chi connectivity index (χ2n) is 8.29. The number of alkyl halides is 2. The van der Waals surface area contributed by atoms with Crippen LogP contribution >= 0.6 is 0 Å². The molecule has 1 aliphatic heterocycles. The third-order valence-corrected chi connectivity index (χ3v) is 5.67. The average molecular weight is 504 g/mol. The number of Topliss-reactive ketones (excluding diaryl/α,β-unsaturated/α-hetero) is 1. The molecule has 36 heavy (non-hydrogen) atoms. The summed E-state index contributed by atoms with van der Waals surface area (Å²) in [6.07, 6.45) is 0.339. The molecule has 0 radical (unpaired) electrons. The van der Waals surface area contributed by atoms with Crippen molar-refractivity contribution in [3.05, 3.63) is 71.8 Å². The molecule has 0 aliphatic carbocycles. The highest BCUT2D eigenvalue weighted by Gasteiger charge is 2.59. The second kappa shape index (κ2) is 12.3. The Balaban J connectivity index is 1.72. The van der Waals surface area contributed by atoms with Crippen molar-refractivity contribution in [2.24, 2.45) is 5.73 Å². The standard InChI is InChI=1S/C25H27F2N3O6/c26-24(27)35-14-19(29-20(31)12-11-16-7-3-1-4-8-16)22(33)30-18(13-17-9-5-2-6-10-17)21(32)25(15-36-25)23(28)34/h1-10,18-19,24H,11-15H2,(H2,28,34)(H,29,31)(H,30,33)/t18-,19-,25+/m0/s1. The zero-order valence-corrected chi connectivity index (χ0v) is 19.3. The Morgan fingerprint density at radius 3 is 2.06 bits per heavy atom. The summed E-state index contributed by atoms with van der Waals surface area (Å²) in [6, 6.07) is 14.9. The van der Waals surface area contributed by atoms with Gasteiger partial charge in [-0.05, 0) is 24.0 Å². The number of rotatable bonds is 14. The van der Waals surface area contributed by atoms with E-state index < -0.39 is 54.4 Å². The summed E-state index contributed by atoms with van der Waals surface area (Å²) in [4.78, 5) is 50.4. The number of benzene rings is 2. The van der Waals surface area contributed by atoms with Gasteiger partial charge in [0, 0.05) is 6.42 Å². The average Bonchev–Trinajstić information content (AvgIpc) is 3.68. The van der Waals surface area contributed by atoms with Crippen LogP contribution in [-0.2, 0) is 41.5 Å². The molecule has 4 N–H and O–H groups in total. The van der Waals surface area contributed by atoms with E-state index in [1.807, 2.05) is 30.3 Å². The van der Waals surface area contributed by atoms with Gasteiger partial charge in [-0.3, -0.25) is 19.2 Å². The molecule has 1 fully saturated rings. The molecular weight excluding hydrogens is 476 g/mol. The predicted molar refractivity (Wildman–Crippen MR) is 124 cm³/mol. The first-order valence-electron chi connectivity index (χ1n) is 11.3. The van der Waals surface area contributed by atoms with Crippen molar-refractivity contribution in [2.75, 3.05) is 13.2 Å². The Kier molecular flexibility index (Phi) is 9.20. The fourth-order valence-corrected chi connectivity index (χ4v) is 3.61. The topological polar surface area (TPSA) is 140 Å². The van der Waals surface area contributed by atoms with Crippen LogP contribution in [-0.4, -0.2) is 61.0 Å². The monoisotopic (exact) mass is 503 g/mol. The van der Waals surface area contributed by atoms with Crippen molar-refractivity contribution in [3.8, 4) is 0 Å². The van der Waals surface area contributed by atoms with E-state index in [2.05, 4.69) is 15.4 Å². The predicted octanol–water partition coefficient (Wildman–Crippen LogP) is 0.894. The van der Waals surface area contributed by atoms with E-state index in [1.54, 1.807) is 30.3 Å². The van der Waals surface area contributed by atoms with Gasteiger partial charge in [-0.15, -0.1) is 0 Å². The van der Waals surface area contributed by atoms with Crippen molar-refractivity contribution in [2.45, 2.75) is 43.6 Å². The highest BCUT2D eigenvalue weighted by atomic mass is 19.3. The minimum Gasteiger partial charge on any atom is -0.367 e. The number of carbonyl (C=O) groups excluding carboxylic acids is 4. The van der Waals surface area contributed by atoms with E-state index in [1.165, 1.54) is 0 Å². The molecule has 1 saturated heterocycles. The summed E-state index contributed by atoms with van der Waals surface area (Å²) >= 11 is 0. The minimum absolute atomic E-state index is 0.00648. The van der Waals surface area contributed by atoms with Crippen molar-refractivity contribution < 1.29 is 37.4 Å². The Morgan fingerprint density at radius 1 is 0.944 bits per heavy atom. The van der Waals surface area contributed by atoms with E-state index in [4.69, 9.17) is 10.5 Å². The number of nitrogens with one attached hydrogen (secondary N) is 2. The summed E-state index contributed by atoms with van der Waals surface area (Å²) in [6.45, 7) is -4.23. The first kappa shape index (κ1) is 26.9. The number of ketones is 1. The molecule has 3 rings (SSSR count). The lowest BCUT2D eigenvalue weighted by Gasteiger charge is -2.24. The smallest absolute Gasteiger partial charge is 0.345 e. The number of amides is 3. The third-order valence-electron chi connectivity index (χ3n) is 5.67. The first-order valence-corrected chi connectivity index (χ1v) is 11.3.